The summed E-state index contributed by atoms with van der Waals surface area (Å²) >= 11 is 1.38. The summed E-state index contributed by atoms with van der Waals surface area (Å²) in [6.07, 6.45) is 1.60. The van der Waals surface area contributed by atoms with Crippen molar-refractivity contribution < 1.29 is 9.21 Å². The second kappa shape index (κ2) is 7.92. The van der Waals surface area contributed by atoms with Gasteiger partial charge >= 0.3 is 0 Å². The van der Waals surface area contributed by atoms with Crippen LogP contribution in [0.1, 0.15) is 10.4 Å². The molecule has 0 bridgehead atoms. The average Bonchev–Trinajstić information content (AvgIpc) is 3.51. The molecule has 0 fully saturated rings. The quantitative estimate of drug-likeness (QED) is 0.274. The van der Waals surface area contributed by atoms with E-state index >= 15 is 0 Å². The predicted molar refractivity (Wildman–Crippen MR) is 122 cm³/mol. The molecule has 0 N–H and O–H groups in total. The van der Waals surface area contributed by atoms with Gasteiger partial charge in [-0.2, -0.15) is 0 Å². The molecular weight excluding hydrogens is 408 g/mol. The number of ketones is 1. The number of carbonyl (C=O) groups is 1. The van der Waals surface area contributed by atoms with Crippen LogP contribution in [0.2, 0.25) is 0 Å². The smallest absolute Gasteiger partial charge is 0.200 e. The number of rotatable bonds is 6. The van der Waals surface area contributed by atoms with Gasteiger partial charge in [-0.05, 0) is 23.8 Å². The summed E-state index contributed by atoms with van der Waals surface area (Å²) in [5.74, 6) is 1.60. The maximum absolute atomic E-state index is 13.5. The summed E-state index contributed by atoms with van der Waals surface area (Å²) in [4.78, 5) is 13.5. The SMILES string of the molecule is Cn1c(SCC(=O)c2c(-c3ccccc3)n(C)c3ccccc23)nnc1-c1ccco1. The fraction of sp³-hybridized carbons (Fsp3) is 0.125. The van der Waals surface area contributed by atoms with Gasteiger partial charge in [0.25, 0.3) is 0 Å². The Morgan fingerprint density at radius 1 is 0.935 bits per heavy atom. The predicted octanol–water partition coefficient (Wildman–Crippen LogP) is 5.21. The number of carbonyl (C=O) groups excluding carboxylic acids is 1. The fourth-order valence-electron chi connectivity index (χ4n) is 3.87. The Kier molecular flexibility index (Phi) is 4.95. The van der Waals surface area contributed by atoms with Crippen LogP contribution in [0.15, 0.2) is 82.6 Å². The monoisotopic (exact) mass is 428 g/mol. The van der Waals surface area contributed by atoms with E-state index in [9.17, 15) is 4.79 Å². The number of nitrogens with zero attached hydrogens (tertiary/aromatic N) is 4. The average molecular weight is 429 g/mol. The van der Waals surface area contributed by atoms with E-state index in [1.165, 1.54) is 11.8 Å². The number of thioether (sulfide) groups is 1. The van der Waals surface area contributed by atoms with Crippen LogP contribution in [0.25, 0.3) is 33.7 Å². The molecule has 0 saturated heterocycles. The Hall–Kier alpha value is -3.58. The summed E-state index contributed by atoms with van der Waals surface area (Å²) in [7, 11) is 3.88. The van der Waals surface area contributed by atoms with Gasteiger partial charge in [0.15, 0.2) is 22.5 Å². The topological polar surface area (TPSA) is 65.8 Å². The van der Waals surface area contributed by atoms with Crippen LogP contribution in [0, 0.1) is 0 Å². The van der Waals surface area contributed by atoms with Crippen molar-refractivity contribution in [2.75, 3.05) is 5.75 Å². The minimum atomic E-state index is 0.0585. The summed E-state index contributed by atoms with van der Waals surface area (Å²) in [6.45, 7) is 0. The molecule has 31 heavy (non-hydrogen) atoms. The van der Waals surface area contributed by atoms with Crippen molar-refractivity contribution in [3.05, 3.63) is 78.6 Å². The fourth-order valence-corrected chi connectivity index (χ4v) is 4.66. The van der Waals surface area contributed by atoms with Crippen LogP contribution in [0.5, 0.6) is 0 Å². The number of fused-ring (bicyclic) bond motifs is 1. The van der Waals surface area contributed by atoms with Gasteiger partial charge in [0.2, 0.25) is 0 Å². The van der Waals surface area contributed by atoms with E-state index in [-0.39, 0.29) is 11.5 Å². The number of aromatic nitrogens is 4. The Balaban J connectivity index is 1.50. The summed E-state index contributed by atoms with van der Waals surface area (Å²) in [5.41, 5.74) is 3.73. The van der Waals surface area contributed by atoms with E-state index in [2.05, 4.69) is 14.8 Å². The van der Waals surface area contributed by atoms with Crippen molar-refractivity contribution in [1.82, 2.24) is 19.3 Å². The highest BCUT2D eigenvalue weighted by molar-refractivity contribution is 7.99. The lowest BCUT2D eigenvalue weighted by Crippen LogP contribution is -2.06. The van der Waals surface area contributed by atoms with Gasteiger partial charge in [-0.3, -0.25) is 4.79 Å². The van der Waals surface area contributed by atoms with Gasteiger partial charge in [0.1, 0.15) is 0 Å². The molecule has 2 aromatic carbocycles. The highest BCUT2D eigenvalue weighted by atomic mass is 32.2. The lowest BCUT2D eigenvalue weighted by Gasteiger charge is -2.08. The van der Waals surface area contributed by atoms with E-state index < -0.39 is 0 Å². The van der Waals surface area contributed by atoms with E-state index in [0.717, 1.165) is 27.7 Å². The van der Waals surface area contributed by atoms with Crippen molar-refractivity contribution in [3.8, 4) is 22.8 Å². The van der Waals surface area contributed by atoms with Gasteiger partial charge < -0.3 is 13.6 Å². The third-order valence-corrected chi connectivity index (χ3v) is 6.36. The van der Waals surface area contributed by atoms with Gasteiger partial charge in [0, 0.05) is 25.0 Å². The summed E-state index contributed by atoms with van der Waals surface area (Å²) in [5, 5.41) is 10.1. The molecule has 6 nitrogen and oxygen atoms in total. The van der Waals surface area contributed by atoms with Gasteiger partial charge in [-0.15, -0.1) is 10.2 Å². The van der Waals surface area contributed by atoms with Crippen molar-refractivity contribution in [3.63, 3.8) is 0 Å². The zero-order valence-corrected chi connectivity index (χ0v) is 18.0. The van der Waals surface area contributed by atoms with E-state index in [1.54, 1.807) is 6.26 Å². The third kappa shape index (κ3) is 3.37. The van der Waals surface area contributed by atoms with E-state index in [4.69, 9.17) is 4.42 Å². The Morgan fingerprint density at radius 3 is 2.48 bits per heavy atom. The second-order valence-electron chi connectivity index (χ2n) is 7.22. The highest BCUT2D eigenvalue weighted by Crippen LogP contribution is 2.34. The first kappa shape index (κ1) is 19.4. The van der Waals surface area contributed by atoms with Crippen LogP contribution in [-0.4, -0.2) is 30.9 Å². The number of hydrogen-bond donors (Lipinski definition) is 0. The second-order valence-corrected chi connectivity index (χ2v) is 8.16. The molecule has 0 aliphatic rings. The van der Waals surface area contributed by atoms with E-state index in [1.807, 2.05) is 85.4 Å². The molecule has 0 amide bonds. The lowest BCUT2D eigenvalue weighted by molar-refractivity contribution is 0.102. The molecule has 7 heteroatoms. The van der Waals surface area contributed by atoms with Crippen LogP contribution in [0.4, 0.5) is 0 Å². The zero-order valence-electron chi connectivity index (χ0n) is 17.1. The molecule has 154 valence electrons. The number of furan rings is 1. The molecule has 0 aliphatic carbocycles. The van der Waals surface area contributed by atoms with Crippen LogP contribution in [-0.2, 0) is 14.1 Å². The molecule has 0 spiro atoms. The molecule has 5 aromatic rings. The number of Topliss-reactive ketones (excluding diaryl/α,β-unsaturated/α-hetero) is 1. The Labute approximate surface area is 183 Å². The van der Waals surface area contributed by atoms with Crippen molar-refractivity contribution >= 4 is 28.4 Å². The zero-order chi connectivity index (χ0) is 21.4. The largest absolute Gasteiger partial charge is 0.461 e. The maximum Gasteiger partial charge on any atom is 0.200 e. The van der Waals surface area contributed by atoms with Gasteiger partial charge in [-0.1, -0.05) is 60.3 Å². The standard InChI is InChI=1S/C24H20N4O2S/c1-27-18-12-7-6-11-17(18)21(22(27)16-9-4-3-5-10-16)19(29)15-31-24-26-25-23(28(24)2)20-13-8-14-30-20/h3-14H,15H2,1-2H3. The molecular formula is C24H20N4O2S. The van der Waals surface area contributed by atoms with Crippen LogP contribution >= 0.6 is 11.8 Å². The van der Waals surface area contributed by atoms with E-state index in [0.29, 0.717) is 16.7 Å². The highest BCUT2D eigenvalue weighted by Gasteiger charge is 2.23. The molecule has 0 unspecified atom stereocenters. The first-order valence-electron chi connectivity index (χ1n) is 9.87. The minimum absolute atomic E-state index is 0.0585. The third-order valence-electron chi connectivity index (χ3n) is 5.34. The Bertz CT molecular complexity index is 1370. The molecule has 5 rings (SSSR count). The van der Waals surface area contributed by atoms with Crippen LogP contribution < -0.4 is 0 Å². The summed E-state index contributed by atoms with van der Waals surface area (Å²) in [6, 6.07) is 21.7. The molecule has 3 aromatic heterocycles. The van der Waals surface area contributed by atoms with Gasteiger partial charge in [-0.25, -0.2) is 0 Å². The number of hydrogen-bond acceptors (Lipinski definition) is 5. The normalized spacial score (nSPS) is 11.3. The number of para-hydroxylation sites is 1. The van der Waals surface area contributed by atoms with Crippen molar-refractivity contribution in [1.29, 1.82) is 0 Å². The molecule has 3 heterocycles. The minimum Gasteiger partial charge on any atom is -0.461 e. The van der Waals surface area contributed by atoms with Gasteiger partial charge in [0.05, 0.1) is 23.3 Å². The maximum atomic E-state index is 13.5. The first-order valence-corrected chi connectivity index (χ1v) is 10.9. The molecule has 0 atom stereocenters. The first-order chi connectivity index (χ1) is 15.1. The molecule has 0 aliphatic heterocycles. The molecule has 0 radical (unpaired) electrons. The van der Waals surface area contributed by atoms with Crippen LogP contribution in [0.3, 0.4) is 0 Å². The van der Waals surface area contributed by atoms with Crippen molar-refractivity contribution in [2.24, 2.45) is 14.1 Å². The Morgan fingerprint density at radius 2 is 1.71 bits per heavy atom. The number of benzene rings is 2. The lowest BCUT2D eigenvalue weighted by atomic mass is 10.0. The molecule has 0 saturated carbocycles. The number of aryl methyl sites for hydroxylation is 1. The summed E-state index contributed by atoms with van der Waals surface area (Å²) < 4.78 is 9.36. The van der Waals surface area contributed by atoms with Crippen molar-refractivity contribution in [2.45, 2.75) is 5.16 Å².